The van der Waals surface area contributed by atoms with Crippen molar-refractivity contribution in [3.05, 3.63) is 27.2 Å². The Bertz CT molecular complexity index is 869. The zero-order valence-electron chi connectivity index (χ0n) is 16.9. The molecule has 1 aliphatic rings. The van der Waals surface area contributed by atoms with Crippen LogP contribution in [0, 0.1) is 6.92 Å². The summed E-state index contributed by atoms with van der Waals surface area (Å²) < 4.78 is 9.74. The third kappa shape index (κ3) is 4.70. The van der Waals surface area contributed by atoms with Gasteiger partial charge in [0.05, 0.1) is 11.6 Å². The number of anilines is 1. The number of aromatic nitrogens is 2. The summed E-state index contributed by atoms with van der Waals surface area (Å²) in [5.41, 5.74) is 0.0870. The molecule has 1 saturated heterocycles. The Morgan fingerprint density at radius 1 is 1.39 bits per heavy atom. The molecule has 0 bridgehead atoms. The van der Waals surface area contributed by atoms with Crippen molar-refractivity contribution in [2.75, 3.05) is 11.9 Å². The van der Waals surface area contributed by atoms with Crippen molar-refractivity contribution in [1.29, 1.82) is 0 Å². The highest BCUT2D eigenvalue weighted by molar-refractivity contribution is 7.12. The second kappa shape index (κ2) is 8.16. The van der Waals surface area contributed by atoms with Gasteiger partial charge in [0, 0.05) is 34.3 Å². The summed E-state index contributed by atoms with van der Waals surface area (Å²) in [5, 5.41) is 3.33. The van der Waals surface area contributed by atoms with Gasteiger partial charge in [-0.25, -0.2) is 9.78 Å². The molecule has 28 heavy (non-hydrogen) atoms. The number of amides is 2. The van der Waals surface area contributed by atoms with E-state index in [9.17, 15) is 9.59 Å². The molecule has 0 spiro atoms. The van der Waals surface area contributed by atoms with Crippen LogP contribution >= 0.6 is 22.9 Å². The standard InChI is InChI=1S/C19H26N4O3S2/c1-6-15-20-17(28-22-15)21-16(24)12-10-14(27-11(12)2)13-8-7-9-23(13)18(25)26-19(3,4)5/h10,13H,6-9H2,1-5H3,(H,20,21,22,24). The molecule has 3 rings (SSSR count). The normalized spacial score (nSPS) is 17.0. The minimum Gasteiger partial charge on any atom is -0.444 e. The van der Waals surface area contributed by atoms with Gasteiger partial charge in [0.2, 0.25) is 5.13 Å². The molecule has 7 nitrogen and oxygen atoms in total. The number of likely N-dealkylation sites (tertiary alicyclic amines) is 1. The summed E-state index contributed by atoms with van der Waals surface area (Å²) in [6.45, 7) is 10.2. The second-order valence-corrected chi connectivity index (χ2v) is 9.81. The lowest BCUT2D eigenvalue weighted by Crippen LogP contribution is -2.36. The monoisotopic (exact) mass is 422 g/mol. The third-order valence-electron chi connectivity index (χ3n) is 4.40. The van der Waals surface area contributed by atoms with Crippen LogP contribution in [0.15, 0.2) is 6.07 Å². The number of rotatable bonds is 4. The molecule has 1 atom stereocenters. The van der Waals surface area contributed by atoms with Crippen LogP contribution in [-0.4, -0.2) is 38.4 Å². The first kappa shape index (κ1) is 20.7. The molecule has 1 aliphatic heterocycles. The van der Waals surface area contributed by atoms with E-state index in [4.69, 9.17) is 4.74 Å². The molecule has 0 radical (unpaired) electrons. The summed E-state index contributed by atoms with van der Waals surface area (Å²) >= 11 is 2.74. The van der Waals surface area contributed by atoms with Gasteiger partial charge < -0.3 is 9.64 Å². The van der Waals surface area contributed by atoms with Crippen molar-refractivity contribution in [2.24, 2.45) is 0 Å². The second-order valence-electron chi connectivity index (χ2n) is 7.77. The SMILES string of the molecule is CCc1nsc(NC(=O)c2cc(C3CCCN3C(=O)OC(C)(C)C)sc2C)n1. The lowest BCUT2D eigenvalue weighted by molar-refractivity contribution is 0.0227. The van der Waals surface area contributed by atoms with E-state index in [0.29, 0.717) is 17.2 Å². The van der Waals surface area contributed by atoms with Crippen LogP contribution in [0.2, 0.25) is 0 Å². The molecule has 9 heteroatoms. The average Bonchev–Trinajstić information content (AvgIpc) is 3.31. The van der Waals surface area contributed by atoms with Crippen molar-refractivity contribution in [3.63, 3.8) is 0 Å². The summed E-state index contributed by atoms with van der Waals surface area (Å²) in [5.74, 6) is 0.530. The van der Waals surface area contributed by atoms with E-state index in [-0.39, 0.29) is 18.0 Å². The van der Waals surface area contributed by atoms with Gasteiger partial charge in [-0.15, -0.1) is 11.3 Å². The van der Waals surface area contributed by atoms with Gasteiger partial charge in [0.25, 0.3) is 5.91 Å². The van der Waals surface area contributed by atoms with Crippen molar-refractivity contribution >= 4 is 40.0 Å². The molecular weight excluding hydrogens is 396 g/mol. The molecule has 1 fully saturated rings. The topological polar surface area (TPSA) is 84.4 Å². The van der Waals surface area contributed by atoms with Gasteiger partial charge >= 0.3 is 6.09 Å². The Hall–Kier alpha value is -2.00. The number of nitrogens with zero attached hydrogens (tertiary/aromatic N) is 3. The molecule has 1 unspecified atom stereocenters. The van der Waals surface area contributed by atoms with Crippen LogP contribution in [0.4, 0.5) is 9.93 Å². The largest absolute Gasteiger partial charge is 0.444 e. The summed E-state index contributed by atoms with van der Waals surface area (Å²) in [6.07, 6.45) is 2.23. The molecule has 2 amide bonds. The van der Waals surface area contributed by atoms with Gasteiger partial charge in [-0.05, 0) is 46.6 Å². The number of carbonyl (C=O) groups excluding carboxylic acids is 2. The van der Waals surface area contributed by atoms with Crippen LogP contribution in [0.25, 0.3) is 0 Å². The predicted octanol–water partition coefficient (Wildman–Crippen LogP) is 4.79. The predicted molar refractivity (Wildman–Crippen MR) is 111 cm³/mol. The number of hydrogen-bond donors (Lipinski definition) is 1. The fourth-order valence-electron chi connectivity index (χ4n) is 3.11. The van der Waals surface area contributed by atoms with Crippen LogP contribution in [0.3, 0.4) is 0 Å². The van der Waals surface area contributed by atoms with E-state index in [2.05, 4.69) is 14.7 Å². The lowest BCUT2D eigenvalue weighted by atomic mass is 10.1. The molecule has 3 heterocycles. The van der Waals surface area contributed by atoms with E-state index in [1.54, 1.807) is 16.2 Å². The lowest BCUT2D eigenvalue weighted by Gasteiger charge is -2.28. The van der Waals surface area contributed by atoms with Gasteiger partial charge in [0.15, 0.2) is 0 Å². The molecule has 2 aromatic heterocycles. The van der Waals surface area contributed by atoms with E-state index in [1.807, 2.05) is 40.7 Å². The Morgan fingerprint density at radius 2 is 2.14 bits per heavy atom. The smallest absolute Gasteiger partial charge is 0.410 e. The van der Waals surface area contributed by atoms with Crippen molar-refractivity contribution in [3.8, 4) is 0 Å². The summed E-state index contributed by atoms with van der Waals surface area (Å²) in [6, 6.07) is 1.85. The van der Waals surface area contributed by atoms with Gasteiger partial charge in [-0.1, -0.05) is 6.92 Å². The van der Waals surface area contributed by atoms with E-state index < -0.39 is 5.60 Å². The quantitative estimate of drug-likeness (QED) is 0.765. The van der Waals surface area contributed by atoms with Crippen molar-refractivity contribution in [1.82, 2.24) is 14.3 Å². The molecule has 0 aliphatic carbocycles. The van der Waals surface area contributed by atoms with E-state index in [0.717, 1.165) is 34.8 Å². The molecule has 152 valence electrons. The fourth-order valence-corrected chi connectivity index (χ4v) is 4.93. The van der Waals surface area contributed by atoms with Crippen LogP contribution in [0.1, 0.15) is 72.5 Å². The molecule has 2 aromatic rings. The number of hydrogen-bond acceptors (Lipinski definition) is 7. The number of carbonyl (C=O) groups is 2. The number of ether oxygens (including phenoxy) is 1. The van der Waals surface area contributed by atoms with Crippen molar-refractivity contribution in [2.45, 2.75) is 65.5 Å². The zero-order valence-corrected chi connectivity index (χ0v) is 18.5. The Morgan fingerprint density at radius 3 is 2.79 bits per heavy atom. The number of aryl methyl sites for hydroxylation is 2. The summed E-state index contributed by atoms with van der Waals surface area (Å²) in [7, 11) is 0. The molecule has 0 aromatic carbocycles. The highest BCUT2D eigenvalue weighted by Gasteiger charge is 2.34. The minimum atomic E-state index is -0.528. The fraction of sp³-hybridized carbons (Fsp3) is 0.579. The minimum absolute atomic E-state index is 0.0478. The first-order chi connectivity index (χ1) is 13.2. The summed E-state index contributed by atoms with van der Waals surface area (Å²) in [4.78, 5) is 33.2. The van der Waals surface area contributed by atoms with E-state index in [1.165, 1.54) is 11.5 Å². The maximum atomic E-state index is 12.7. The van der Waals surface area contributed by atoms with Gasteiger partial charge in [-0.3, -0.25) is 10.1 Å². The first-order valence-corrected chi connectivity index (χ1v) is 11.0. The molecule has 1 N–H and O–H groups in total. The molecule has 0 saturated carbocycles. The van der Waals surface area contributed by atoms with Crippen LogP contribution in [0.5, 0.6) is 0 Å². The Kier molecular flexibility index (Phi) is 6.04. The Balaban J connectivity index is 1.75. The highest BCUT2D eigenvalue weighted by atomic mass is 32.1. The number of nitrogens with one attached hydrogen (secondary N) is 1. The zero-order chi connectivity index (χ0) is 20.5. The van der Waals surface area contributed by atoms with E-state index >= 15 is 0 Å². The average molecular weight is 423 g/mol. The molecular formula is C19H26N4O3S2. The first-order valence-electron chi connectivity index (χ1n) is 9.42. The van der Waals surface area contributed by atoms with Gasteiger partial charge in [-0.2, -0.15) is 4.37 Å². The van der Waals surface area contributed by atoms with Crippen LogP contribution in [-0.2, 0) is 11.2 Å². The Labute approximate surface area is 173 Å². The van der Waals surface area contributed by atoms with Crippen molar-refractivity contribution < 1.29 is 14.3 Å². The van der Waals surface area contributed by atoms with Crippen LogP contribution < -0.4 is 5.32 Å². The highest BCUT2D eigenvalue weighted by Crippen LogP contribution is 2.38. The maximum absolute atomic E-state index is 12.7. The maximum Gasteiger partial charge on any atom is 0.410 e. The number of thiophene rings is 1. The third-order valence-corrected chi connectivity index (χ3v) is 6.22. The van der Waals surface area contributed by atoms with Gasteiger partial charge in [0.1, 0.15) is 11.4 Å².